The van der Waals surface area contributed by atoms with E-state index in [2.05, 4.69) is 5.92 Å². The van der Waals surface area contributed by atoms with Crippen molar-refractivity contribution in [3.63, 3.8) is 0 Å². The number of carboxylic acid groups (broad SMARTS) is 1. The molecule has 1 aromatic carbocycles. The third-order valence-electron chi connectivity index (χ3n) is 2.62. The molecule has 0 aliphatic carbocycles. The van der Waals surface area contributed by atoms with Crippen molar-refractivity contribution in [2.75, 3.05) is 0 Å². The number of benzene rings is 1. The van der Waals surface area contributed by atoms with Crippen LogP contribution in [0.4, 0.5) is 4.39 Å². The Morgan fingerprint density at radius 2 is 2.06 bits per heavy atom. The third-order valence-corrected chi connectivity index (χ3v) is 2.62. The van der Waals surface area contributed by atoms with E-state index in [1.807, 2.05) is 0 Å². The van der Waals surface area contributed by atoms with Gasteiger partial charge in [0.1, 0.15) is 5.82 Å². The van der Waals surface area contributed by atoms with Gasteiger partial charge in [0.15, 0.2) is 0 Å². The Hall–Kier alpha value is -1.82. The molecule has 90 valence electrons. The third kappa shape index (κ3) is 4.69. The van der Waals surface area contributed by atoms with Gasteiger partial charge >= 0.3 is 5.97 Å². The Morgan fingerprint density at radius 3 is 2.59 bits per heavy atom. The maximum absolute atomic E-state index is 12.7. The predicted octanol–water partition coefficient (Wildman–Crippen LogP) is 2.87. The maximum Gasteiger partial charge on any atom is 0.306 e. The molecule has 0 heterocycles. The largest absolute Gasteiger partial charge is 0.481 e. The second-order valence-electron chi connectivity index (χ2n) is 3.96. The molecule has 0 aromatic heterocycles. The normalized spacial score (nSPS) is 11.8. The van der Waals surface area contributed by atoms with Crippen LogP contribution in [0.15, 0.2) is 24.3 Å². The molecule has 0 aliphatic rings. The van der Waals surface area contributed by atoms with Gasteiger partial charge in [0.2, 0.25) is 0 Å². The Bertz CT molecular complexity index is 403. The molecule has 0 saturated carbocycles. The van der Waals surface area contributed by atoms with E-state index in [0.29, 0.717) is 25.7 Å². The quantitative estimate of drug-likeness (QED) is 0.607. The first kappa shape index (κ1) is 13.2. The number of unbranched alkanes of at least 4 members (excludes halogenated alkanes) is 1. The Balaban J connectivity index is 2.57. The van der Waals surface area contributed by atoms with Crippen LogP contribution in [-0.2, 0) is 11.2 Å². The van der Waals surface area contributed by atoms with E-state index in [1.54, 1.807) is 12.1 Å². The number of hydrogen-bond acceptors (Lipinski definition) is 1. The molecule has 0 bridgehead atoms. The van der Waals surface area contributed by atoms with Gasteiger partial charge in [0, 0.05) is 6.42 Å². The van der Waals surface area contributed by atoms with Gasteiger partial charge < -0.3 is 5.11 Å². The highest BCUT2D eigenvalue weighted by atomic mass is 19.1. The minimum absolute atomic E-state index is 0.312. The molecule has 1 N–H and O–H groups in total. The number of carboxylic acids is 1. The lowest BCUT2D eigenvalue weighted by molar-refractivity contribution is -0.141. The summed E-state index contributed by atoms with van der Waals surface area (Å²) in [4.78, 5) is 11.0. The van der Waals surface area contributed by atoms with Crippen LogP contribution in [-0.4, -0.2) is 11.1 Å². The highest BCUT2D eigenvalue weighted by molar-refractivity contribution is 5.70. The molecule has 1 rings (SSSR count). The number of halogens is 1. The summed E-state index contributed by atoms with van der Waals surface area (Å²) >= 11 is 0. The average molecular weight is 234 g/mol. The molecule has 1 aromatic rings. The predicted molar refractivity (Wildman–Crippen MR) is 63.9 cm³/mol. The molecule has 0 aliphatic heterocycles. The van der Waals surface area contributed by atoms with Crippen molar-refractivity contribution in [3.05, 3.63) is 35.6 Å². The van der Waals surface area contributed by atoms with Crippen LogP contribution in [0.25, 0.3) is 0 Å². The second-order valence-corrected chi connectivity index (χ2v) is 3.96. The van der Waals surface area contributed by atoms with Crippen molar-refractivity contribution in [1.82, 2.24) is 0 Å². The van der Waals surface area contributed by atoms with Crippen LogP contribution in [0.2, 0.25) is 0 Å². The van der Waals surface area contributed by atoms with E-state index in [1.165, 1.54) is 12.1 Å². The average Bonchev–Trinajstić information content (AvgIpc) is 2.30. The van der Waals surface area contributed by atoms with Crippen molar-refractivity contribution in [1.29, 1.82) is 0 Å². The van der Waals surface area contributed by atoms with Crippen LogP contribution in [0.3, 0.4) is 0 Å². The highest BCUT2D eigenvalue weighted by Crippen LogP contribution is 2.16. The fourth-order valence-electron chi connectivity index (χ4n) is 1.67. The molecule has 3 heteroatoms. The Morgan fingerprint density at radius 1 is 1.41 bits per heavy atom. The van der Waals surface area contributed by atoms with Gasteiger partial charge in [-0.25, -0.2) is 4.39 Å². The summed E-state index contributed by atoms with van der Waals surface area (Å²) in [6.45, 7) is 0. The number of hydrogen-bond donors (Lipinski definition) is 1. The van der Waals surface area contributed by atoms with Crippen LogP contribution in [0.1, 0.15) is 24.8 Å². The molecule has 1 unspecified atom stereocenters. The van der Waals surface area contributed by atoms with Gasteiger partial charge in [-0.3, -0.25) is 4.79 Å². The minimum atomic E-state index is -0.827. The molecule has 17 heavy (non-hydrogen) atoms. The van der Waals surface area contributed by atoms with E-state index < -0.39 is 11.9 Å². The minimum Gasteiger partial charge on any atom is -0.481 e. The molecular formula is C14H15FO2. The van der Waals surface area contributed by atoms with Crippen molar-refractivity contribution in [3.8, 4) is 12.3 Å². The monoisotopic (exact) mass is 234 g/mol. The zero-order valence-electron chi connectivity index (χ0n) is 9.53. The summed E-state index contributed by atoms with van der Waals surface area (Å²) in [6, 6.07) is 5.92. The fraction of sp³-hybridized carbons (Fsp3) is 0.357. The molecule has 0 fully saturated rings. The first-order valence-corrected chi connectivity index (χ1v) is 5.54. The zero-order chi connectivity index (χ0) is 12.7. The molecule has 0 saturated heterocycles. The maximum atomic E-state index is 12.7. The Labute approximate surface area is 100 Å². The molecule has 0 spiro atoms. The highest BCUT2D eigenvalue weighted by Gasteiger charge is 2.17. The van der Waals surface area contributed by atoms with Crippen molar-refractivity contribution in [2.45, 2.75) is 25.7 Å². The van der Waals surface area contributed by atoms with Crippen LogP contribution < -0.4 is 0 Å². The molecule has 0 radical (unpaired) electrons. The van der Waals surface area contributed by atoms with Gasteiger partial charge in [-0.05, 0) is 37.0 Å². The summed E-state index contributed by atoms with van der Waals surface area (Å²) in [6.07, 6.45) is 7.38. The number of carbonyl (C=O) groups is 1. The summed E-state index contributed by atoms with van der Waals surface area (Å²) in [7, 11) is 0. The number of terminal acetylenes is 1. The van der Waals surface area contributed by atoms with Gasteiger partial charge in [-0.2, -0.15) is 0 Å². The van der Waals surface area contributed by atoms with Crippen LogP contribution in [0.5, 0.6) is 0 Å². The standard InChI is InChI=1S/C14H15FO2/c1-2-3-4-5-12(14(16)17)10-11-6-8-13(15)9-7-11/h1,6-9,12H,3-5,10H2,(H,16,17). The van der Waals surface area contributed by atoms with E-state index in [9.17, 15) is 9.18 Å². The van der Waals surface area contributed by atoms with Gasteiger partial charge in [0.25, 0.3) is 0 Å². The first-order valence-electron chi connectivity index (χ1n) is 5.54. The molecular weight excluding hydrogens is 219 g/mol. The second kappa shape index (κ2) is 6.70. The SMILES string of the molecule is C#CCCCC(Cc1ccc(F)cc1)C(=O)O. The van der Waals surface area contributed by atoms with Gasteiger partial charge in [-0.1, -0.05) is 12.1 Å². The lowest BCUT2D eigenvalue weighted by atomic mass is 9.94. The number of aliphatic carboxylic acids is 1. The summed E-state index contributed by atoms with van der Waals surface area (Å²) < 4.78 is 12.7. The summed E-state index contributed by atoms with van der Waals surface area (Å²) in [5, 5.41) is 9.06. The lowest BCUT2D eigenvalue weighted by Gasteiger charge is -2.11. The smallest absolute Gasteiger partial charge is 0.306 e. The number of rotatable bonds is 6. The van der Waals surface area contributed by atoms with Crippen LogP contribution >= 0.6 is 0 Å². The topological polar surface area (TPSA) is 37.3 Å². The Kier molecular flexibility index (Phi) is 5.22. The van der Waals surface area contributed by atoms with Gasteiger partial charge in [0.05, 0.1) is 5.92 Å². The van der Waals surface area contributed by atoms with E-state index in [4.69, 9.17) is 11.5 Å². The van der Waals surface area contributed by atoms with E-state index in [0.717, 1.165) is 5.56 Å². The van der Waals surface area contributed by atoms with Crippen molar-refractivity contribution >= 4 is 5.97 Å². The van der Waals surface area contributed by atoms with Crippen LogP contribution in [0, 0.1) is 24.1 Å². The lowest BCUT2D eigenvalue weighted by Crippen LogP contribution is -2.16. The molecule has 1 atom stereocenters. The first-order chi connectivity index (χ1) is 8.13. The fourth-order valence-corrected chi connectivity index (χ4v) is 1.67. The van der Waals surface area contributed by atoms with Crippen molar-refractivity contribution < 1.29 is 14.3 Å². The van der Waals surface area contributed by atoms with E-state index >= 15 is 0 Å². The van der Waals surface area contributed by atoms with Gasteiger partial charge in [-0.15, -0.1) is 12.3 Å². The molecule has 2 nitrogen and oxygen atoms in total. The summed E-state index contributed by atoms with van der Waals surface area (Å²) in [5.41, 5.74) is 0.833. The summed E-state index contributed by atoms with van der Waals surface area (Å²) in [5.74, 6) is 0.901. The van der Waals surface area contributed by atoms with E-state index in [-0.39, 0.29) is 5.82 Å². The van der Waals surface area contributed by atoms with Crippen molar-refractivity contribution in [2.24, 2.45) is 5.92 Å². The molecule has 0 amide bonds. The zero-order valence-corrected chi connectivity index (χ0v) is 9.53.